The van der Waals surface area contributed by atoms with Crippen molar-refractivity contribution in [3.8, 4) is 29.1 Å². The van der Waals surface area contributed by atoms with Gasteiger partial charge in [0.15, 0.2) is 17.0 Å². The molecule has 7 aromatic carbocycles. The van der Waals surface area contributed by atoms with E-state index in [4.69, 9.17) is 74.0 Å². The molecule has 3 aromatic heterocycles. The Hall–Kier alpha value is -9.64. The third kappa shape index (κ3) is 16.0. The van der Waals surface area contributed by atoms with Crippen LogP contribution in [0, 0.1) is 11.3 Å². The molecule has 2 aliphatic rings. The number of rotatable bonds is 28. The number of halogens is 2. The number of imidazole rings is 1. The van der Waals surface area contributed by atoms with E-state index in [0.717, 1.165) is 4.57 Å². The molecule has 502 valence electrons. The number of nitriles is 1. The Kier molecular flexibility index (Phi) is 21.5. The zero-order valence-electron chi connectivity index (χ0n) is 52.2. The van der Waals surface area contributed by atoms with Crippen molar-refractivity contribution in [1.82, 2.24) is 29.1 Å². The third-order valence-corrected chi connectivity index (χ3v) is 19.2. The Balaban J connectivity index is 0.914. The van der Waals surface area contributed by atoms with Crippen LogP contribution in [0.25, 0.3) is 11.2 Å². The lowest BCUT2D eigenvalue weighted by molar-refractivity contribution is -0.0936. The second-order valence-corrected chi connectivity index (χ2v) is 26.0. The van der Waals surface area contributed by atoms with Crippen molar-refractivity contribution in [3.05, 3.63) is 261 Å². The van der Waals surface area contributed by atoms with E-state index in [1.54, 1.807) is 79.5 Å². The van der Waals surface area contributed by atoms with Crippen molar-refractivity contribution in [2.45, 2.75) is 61.7 Å². The van der Waals surface area contributed by atoms with Gasteiger partial charge in [-0.3, -0.25) is 36.8 Å². The van der Waals surface area contributed by atoms with Crippen molar-refractivity contribution in [1.29, 1.82) is 5.26 Å². The van der Waals surface area contributed by atoms with Crippen LogP contribution in [-0.4, -0.2) is 99.3 Å². The highest BCUT2D eigenvalue weighted by Gasteiger charge is 2.50. The largest absolute Gasteiger partial charge is 0.530 e. The van der Waals surface area contributed by atoms with Gasteiger partial charge in [-0.1, -0.05) is 114 Å². The molecule has 25 nitrogen and oxygen atoms in total. The minimum atomic E-state index is -5.10. The van der Waals surface area contributed by atoms with Crippen LogP contribution in [0.3, 0.4) is 0 Å². The van der Waals surface area contributed by atoms with E-state index in [9.17, 15) is 24.2 Å². The van der Waals surface area contributed by atoms with Gasteiger partial charge in [-0.2, -0.15) is 10.2 Å². The van der Waals surface area contributed by atoms with Crippen molar-refractivity contribution < 1.29 is 69.5 Å². The van der Waals surface area contributed by atoms with Crippen LogP contribution in [0.5, 0.6) is 23.0 Å². The molecule has 5 heterocycles. The lowest BCUT2D eigenvalue weighted by atomic mass is 9.80. The van der Waals surface area contributed by atoms with Crippen LogP contribution in [0.2, 0.25) is 10.0 Å². The topological polar surface area (TPSA) is 296 Å². The Labute approximate surface area is 571 Å². The summed E-state index contributed by atoms with van der Waals surface area (Å²) in [6.45, 7) is -1.46. The molecular formula is C69H61Cl2N9O16P2. The number of hydrogen-bond acceptors (Lipinski definition) is 21. The number of anilines is 2. The number of carbonyl (C=O) groups is 2. The molecule has 8 atom stereocenters. The van der Waals surface area contributed by atoms with Crippen LogP contribution >= 0.6 is 38.8 Å². The number of hydrogen-bond donors (Lipinski definition) is 2. The number of fused-ring (bicyclic) bond motifs is 1. The van der Waals surface area contributed by atoms with E-state index in [0.29, 0.717) is 49.4 Å². The number of phosphoric ester groups is 2. The average Bonchev–Trinajstić information content (AvgIpc) is 0.856. The summed E-state index contributed by atoms with van der Waals surface area (Å²) >= 11 is 12.6. The fraction of sp³-hybridized carbons (Fsp3) is 0.217. The molecule has 0 aliphatic carbocycles. The van der Waals surface area contributed by atoms with Crippen LogP contribution < -0.4 is 34.8 Å². The van der Waals surface area contributed by atoms with Gasteiger partial charge in [0.2, 0.25) is 0 Å². The highest BCUT2D eigenvalue weighted by Crippen LogP contribution is 2.57. The van der Waals surface area contributed by atoms with Gasteiger partial charge in [-0.15, -0.1) is 0 Å². The SMILES string of the molecule is COc1ccc(C(OC[C@H]2O[C@@H](n3cnc4c(NC(=O)c5ccccc5)ncnc43)C[C@@H]2OP(=O)(OC[C@H]2O[C@@H](n3ccc(NC(=O)c4ccccc4)nc3=O)C[C@@H]2OP(=O)(OCCC#N)Oc2ccc(Cl)cc2)Oc2ccc(Cl)cc2)(c2ccccc2)c2ccc(OC)cc2)cc1. The van der Waals surface area contributed by atoms with Gasteiger partial charge in [0.05, 0.1) is 52.9 Å². The molecule has 2 saturated heterocycles. The highest BCUT2D eigenvalue weighted by molar-refractivity contribution is 7.49. The van der Waals surface area contributed by atoms with E-state index >= 15 is 4.57 Å². The molecular weight excluding hydrogens is 1340 g/mol. The lowest BCUT2D eigenvalue weighted by Gasteiger charge is -2.37. The van der Waals surface area contributed by atoms with Crippen molar-refractivity contribution in [2.24, 2.45) is 0 Å². The first-order chi connectivity index (χ1) is 47.6. The summed E-state index contributed by atoms with van der Waals surface area (Å²) in [4.78, 5) is 58.4. The summed E-state index contributed by atoms with van der Waals surface area (Å²) in [6, 6.07) is 56.2. The number of amides is 2. The van der Waals surface area contributed by atoms with Gasteiger partial charge in [-0.25, -0.2) is 28.9 Å². The summed E-state index contributed by atoms with van der Waals surface area (Å²) in [6.07, 6.45) is -4.16. The van der Waals surface area contributed by atoms with E-state index in [1.165, 1.54) is 73.4 Å². The molecule has 2 unspecified atom stereocenters. The number of phosphoric acid groups is 2. The first kappa shape index (κ1) is 68.3. The van der Waals surface area contributed by atoms with Crippen LogP contribution in [0.1, 0.15) is 69.1 Å². The lowest BCUT2D eigenvalue weighted by Crippen LogP contribution is -2.38. The van der Waals surface area contributed by atoms with E-state index < -0.39 is 88.8 Å². The number of carbonyl (C=O) groups excluding carboxylic acids is 2. The average molecular weight is 1410 g/mol. The predicted octanol–water partition coefficient (Wildman–Crippen LogP) is 13.6. The Bertz CT molecular complexity index is 4560. The minimum absolute atomic E-state index is 0.0109. The van der Waals surface area contributed by atoms with Crippen molar-refractivity contribution >= 4 is 73.5 Å². The van der Waals surface area contributed by atoms with E-state index in [-0.39, 0.29) is 60.2 Å². The van der Waals surface area contributed by atoms with Gasteiger partial charge < -0.3 is 43.4 Å². The van der Waals surface area contributed by atoms with Gasteiger partial charge in [-0.05, 0) is 120 Å². The maximum Gasteiger partial charge on any atom is 0.530 e. The summed E-state index contributed by atoms with van der Waals surface area (Å²) in [5, 5.41) is 15.6. The highest BCUT2D eigenvalue weighted by atomic mass is 35.5. The molecule has 2 aliphatic heterocycles. The predicted molar refractivity (Wildman–Crippen MR) is 359 cm³/mol. The summed E-state index contributed by atoms with van der Waals surface area (Å²) < 4.78 is 104. The van der Waals surface area contributed by atoms with Crippen molar-refractivity contribution in [3.63, 3.8) is 0 Å². The first-order valence-corrected chi connectivity index (χ1v) is 34.2. The van der Waals surface area contributed by atoms with Crippen LogP contribution in [0.15, 0.2) is 218 Å². The standard InChI is InChI=1S/C69H61Cl2N9O16P2/c1-86-52-27-19-48(20-28-52)69(47-17-10-5-11-18-47,49-21-29-53(87-2)30-22-49)88-41-58-56(40-62(91-58)80-44-75-63-64(73-43-74-65(63)80)78-67(82)46-15-8-4-9-16-46)96-98(85,94-55-33-25-51(71)26-34-55)90-42-59-57(95-97(84,89-38-12-36-72)93-54-31-23-50(70)24-32-54)39-61(92-59)79-37-35-60(77-68(79)83)76-66(81)45-13-6-3-7-14-45/h3-11,13-35,37,43-44,56-59,61-62H,12,38-42H2,1-2H3,(H,73,74,78,82)(H,76,77,81,83)/t56-,57-,58+,59+,61+,62+,97?,98?/m0/s1. The van der Waals surface area contributed by atoms with Crippen LogP contribution in [-0.2, 0) is 47.0 Å². The smallest absolute Gasteiger partial charge is 0.497 e. The van der Waals surface area contributed by atoms with Crippen LogP contribution in [0.4, 0.5) is 11.6 Å². The van der Waals surface area contributed by atoms with Gasteiger partial charge in [0.1, 0.15) is 77.6 Å². The Morgan fingerprint density at radius 3 is 1.62 bits per heavy atom. The summed E-state index contributed by atoms with van der Waals surface area (Å²) in [7, 11) is -6.75. The number of nitrogens with zero attached hydrogens (tertiary/aromatic N) is 7. The second-order valence-electron chi connectivity index (χ2n) is 22.0. The molecule has 2 N–H and O–H groups in total. The fourth-order valence-electron chi connectivity index (χ4n) is 11.1. The molecule has 0 saturated carbocycles. The molecule has 2 fully saturated rings. The normalized spacial score (nSPS) is 18.8. The second kappa shape index (κ2) is 30.8. The maximum absolute atomic E-state index is 16.2. The quantitative estimate of drug-likeness (QED) is 0.0261. The van der Waals surface area contributed by atoms with Gasteiger partial charge in [0, 0.05) is 40.2 Å². The number of aromatic nitrogens is 6. The van der Waals surface area contributed by atoms with Crippen molar-refractivity contribution in [2.75, 3.05) is 44.7 Å². The van der Waals surface area contributed by atoms with E-state index in [1.807, 2.05) is 84.9 Å². The fourth-order valence-corrected chi connectivity index (χ4v) is 14.1. The minimum Gasteiger partial charge on any atom is -0.497 e. The molecule has 12 rings (SSSR count). The zero-order chi connectivity index (χ0) is 68.2. The Morgan fingerprint density at radius 2 is 1.09 bits per heavy atom. The Morgan fingerprint density at radius 1 is 0.602 bits per heavy atom. The molecule has 10 aromatic rings. The maximum atomic E-state index is 16.2. The number of benzene rings is 7. The number of ether oxygens (including phenoxy) is 5. The first-order valence-electron chi connectivity index (χ1n) is 30.5. The molecule has 2 amide bonds. The van der Waals surface area contributed by atoms with E-state index in [2.05, 4.69) is 30.6 Å². The summed E-state index contributed by atoms with van der Waals surface area (Å²) in [5.74, 6) is 0.233. The van der Waals surface area contributed by atoms with Gasteiger partial charge in [0.25, 0.3) is 11.8 Å². The monoisotopic (exact) mass is 1400 g/mol. The molecule has 29 heteroatoms. The summed E-state index contributed by atoms with van der Waals surface area (Å²) in [5.41, 5.74) is 0.924. The zero-order valence-corrected chi connectivity index (χ0v) is 55.5. The van der Waals surface area contributed by atoms with Gasteiger partial charge >= 0.3 is 21.3 Å². The number of methoxy groups -OCH3 is 2. The molecule has 0 spiro atoms. The third-order valence-electron chi connectivity index (χ3n) is 15.8. The molecule has 98 heavy (non-hydrogen) atoms. The molecule has 0 radical (unpaired) electrons. The number of nitrogens with one attached hydrogen (secondary N) is 2. The molecule has 0 bridgehead atoms.